The van der Waals surface area contributed by atoms with E-state index in [4.69, 9.17) is 11.4 Å². The summed E-state index contributed by atoms with van der Waals surface area (Å²) in [5.41, 5.74) is 0. The van der Waals surface area contributed by atoms with Crippen LogP contribution in [0.25, 0.3) is 0 Å². The van der Waals surface area contributed by atoms with Crippen molar-refractivity contribution in [3.8, 4) is 0 Å². The van der Waals surface area contributed by atoms with Crippen molar-refractivity contribution in [3.05, 3.63) is 6.73 Å². The summed E-state index contributed by atoms with van der Waals surface area (Å²) in [6, 6.07) is 0. The van der Waals surface area contributed by atoms with Gasteiger partial charge in [-0.05, 0) is 0 Å². The summed E-state index contributed by atoms with van der Waals surface area (Å²) >= 11 is -2.00. The molecule has 1 rings (SSSR count). The molecular weight excluding hydrogens is 146 g/mol. The molecule has 5 heteroatoms. The molecule has 0 unspecified atom stereocenters. The van der Waals surface area contributed by atoms with Crippen LogP contribution in [0.2, 0.25) is 0 Å². The predicted molar refractivity (Wildman–Crippen MR) is 19.6 cm³/mol. The molecule has 1 aliphatic rings. The molecular formula is C3H6NO3Ti. The number of rotatable bonds is 0. The van der Waals surface area contributed by atoms with Gasteiger partial charge in [-0.25, -0.2) is 0 Å². The van der Waals surface area contributed by atoms with E-state index in [1.165, 1.54) is 0 Å². The fraction of sp³-hybridized carbons (Fsp3) is 0.667. The van der Waals surface area contributed by atoms with Crippen LogP contribution in [-0.4, -0.2) is 13.2 Å². The van der Waals surface area contributed by atoms with Crippen molar-refractivity contribution in [2.45, 2.75) is 0 Å². The summed E-state index contributed by atoms with van der Waals surface area (Å²) < 4.78 is 21.7. The normalized spacial score (nSPS) is 16.0. The van der Waals surface area contributed by atoms with Gasteiger partial charge in [0.1, 0.15) is 6.73 Å². The molecule has 0 saturated carbocycles. The molecule has 4 nitrogen and oxygen atoms in total. The number of ether oxygens (including phenoxy) is 1. The van der Waals surface area contributed by atoms with Gasteiger partial charge >= 0.3 is 25.7 Å². The molecule has 0 bridgehead atoms. The van der Waals surface area contributed by atoms with Gasteiger partial charge in [0.25, 0.3) is 0 Å². The van der Waals surface area contributed by atoms with Gasteiger partial charge in [-0.2, -0.15) is 0 Å². The zero-order chi connectivity index (χ0) is 6.24. The molecule has 1 radical (unpaired) electrons. The third-order valence-electron chi connectivity index (χ3n) is 0.531. The number of nitrogens with one attached hydrogen (secondary N) is 1. The van der Waals surface area contributed by atoms with Gasteiger partial charge in [0.15, 0.2) is 0 Å². The Morgan fingerprint density at radius 3 is 2.38 bits per heavy atom. The zero-order valence-electron chi connectivity index (χ0n) is 4.22. The van der Waals surface area contributed by atoms with Gasteiger partial charge in [0.05, 0.1) is 6.61 Å². The predicted octanol–water partition coefficient (Wildman–Crippen LogP) is -0.515. The van der Waals surface area contributed by atoms with Crippen LogP contribution in [0, 0.1) is 6.73 Å². The Kier molecular flexibility index (Phi) is 7.45. The Labute approximate surface area is 56.2 Å². The van der Waals surface area contributed by atoms with Gasteiger partial charge in [-0.3, -0.25) is 5.32 Å². The van der Waals surface area contributed by atoms with E-state index < -0.39 is 19.1 Å². The van der Waals surface area contributed by atoms with E-state index in [9.17, 15) is 0 Å². The van der Waals surface area contributed by atoms with Crippen LogP contribution in [0.15, 0.2) is 0 Å². The Hall–Kier alpha value is 0.234. The summed E-state index contributed by atoms with van der Waals surface area (Å²) in [6.45, 7) is 3.42. The first kappa shape index (κ1) is 8.23. The first-order chi connectivity index (χ1) is 3.91. The molecule has 0 atom stereocenters. The summed E-state index contributed by atoms with van der Waals surface area (Å²) in [6.07, 6.45) is 0. The molecule has 0 amide bonds. The van der Waals surface area contributed by atoms with E-state index in [0.29, 0.717) is 0 Å². The fourth-order valence-electron chi connectivity index (χ4n) is 0.295. The molecule has 1 fully saturated rings. The third kappa shape index (κ3) is 6.23. The van der Waals surface area contributed by atoms with Gasteiger partial charge in [0, 0.05) is 6.54 Å². The molecule has 1 saturated heterocycles. The van der Waals surface area contributed by atoms with Gasteiger partial charge in [-0.1, -0.05) is 0 Å². The van der Waals surface area contributed by atoms with E-state index >= 15 is 0 Å². The molecule has 1 heterocycles. The Balaban J connectivity index is 0.000000145. The first-order valence-electron chi connectivity index (χ1n) is 2.07. The number of hydrogen-bond acceptors (Lipinski definition) is 4. The molecule has 0 aromatic heterocycles. The second kappa shape index (κ2) is 7.23. The average molecular weight is 152 g/mol. The summed E-state index contributed by atoms with van der Waals surface area (Å²) in [7, 11) is 0. The Morgan fingerprint density at radius 2 is 2.25 bits per heavy atom. The van der Waals surface area contributed by atoms with Crippen LogP contribution in [0.1, 0.15) is 0 Å². The molecule has 0 aromatic carbocycles. The van der Waals surface area contributed by atoms with E-state index in [0.717, 1.165) is 13.2 Å². The van der Waals surface area contributed by atoms with Gasteiger partial charge in [-0.15, -0.1) is 0 Å². The molecule has 0 spiro atoms. The standard InChI is InChI=1S/C3H6NO.2O.Ti/c1-2-5-3-4-1;;;/h3-4H,1-2H2;;;. The minimum absolute atomic E-state index is 0.833. The van der Waals surface area contributed by atoms with Crippen molar-refractivity contribution >= 4 is 0 Å². The SMILES string of the molecule is [CH]1NCCO1.[O]=[Ti]=[O]. The van der Waals surface area contributed by atoms with Crippen molar-refractivity contribution in [1.29, 1.82) is 0 Å². The molecule has 1 aliphatic heterocycles. The summed E-state index contributed by atoms with van der Waals surface area (Å²) in [5, 5.41) is 2.88. The van der Waals surface area contributed by atoms with E-state index in [-0.39, 0.29) is 0 Å². The van der Waals surface area contributed by atoms with Crippen molar-refractivity contribution < 1.29 is 30.5 Å². The van der Waals surface area contributed by atoms with Gasteiger partial charge in [0.2, 0.25) is 0 Å². The Bertz CT molecular complexity index is 69.0. The van der Waals surface area contributed by atoms with E-state index in [1.807, 2.05) is 0 Å². The number of hydrogen-bond donors (Lipinski definition) is 1. The summed E-state index contributed by atoms with van der Waals surface area (Å²) in [5.74, 6) is 0. The van der Waals surface area contributed by atoms with Crippen molar-refractivity contribution in [1.82, 2.24) is 5.32 Å². The van der Waals surface area contributed by atoms with Crippen molar-refractivity contribution in [2.75, 3.05) is 13.2 Å². The van der Waals surface area contributed by atoms with E-state index in [1.54, 1.807) is 6.73 Å². The molecule has 0 aromatic rings. The maximum absolute atomic E-state index is 8.50. The second-order valence-electron chi connectivity index (χ2n) is 1.03. The molecule has 8 heavy (non-hydrogen) atoms. The first-order valence-corrected chi connectivity index (χ1v) is 3.35. The average Bonchev–Trinajstić information content (AvgIpc) is 2.17. The third-order valence-corrected chi connectivity index (χ3v) is 0.531. The molecule has 0 aliphatic carbocycles. The molecule has 45 valence electrons. The van der Waals surface area contributed by atoms with Crippen LogP contribution >= 0.6 is 0 Å². The maximum atomic E-state index is 8.50. The zero-order valence-corrected chi connectivity index (χ0v) is 5.78. The molecule has 1 N–H and O–H groups in total. The Morgan fingerprint density at radius 1 is 1.62 bits per heavy atom. The monoisotopic (exact) mass is 152 g/mol. The fourth-order valence-corrected chi connectivity index (χ4v) is 0.295. The van der Waals surface area contributed by atoms with E-state index in [2.05, 4.69) is 5.32 Å². The van der Waals surface area contributed by atoms with Crippen molar-refractivity contribution in [2.24, 2.45) is 0 Å². The minimum atomic E-state index is -2.00. The van der Waals surface area contributed by atoms with Crippen LogP contribution in [-0.2, 0) is 30.5 Å². The quantitative estimate of drug-likeness (QED) is 0.474. The van der Waals surface area contributed by atoms with Crippen LogP contribution in [0.4, 0.5) is 0 Å². The van der Waals surface area contributed by atoms with Crippen LogP contribution in [0.5, 0.6) is 0 Å². The van der Waals surface area contributed by atoms with Crippen LogP contribution < -0.4 is 5.32 Å². The topological polar surface area (TPSA) is 55.4 Å². The summed E-state index contributed by atoms with van der Waals surface area (Å²) in [4.78, 5) is 0. The van der Waals surface area contributed by atoms with Gasteiger partial charge < -0.3 is 4.74 Å². The van der Waals surface area contributed by atoms with Crippen LogP contribution in [0.3, 0.4) is 0 Å². The second-order valence-corrected chi connectivity index (χ2v) is 1.29. The van der Waals surface area contributed by atoms with Crippen molar-refractivity contribution in [3.63, 3.8) is 0 Å².